The molecule has 0 fully saturated rings. The van der Waals surface area contributed by atoms with Crippen LogP contribution in [0.25, 0.3) is 5.70 Å². The van der Waals surface area contributed by atoms with Crippen LogP contribution in [0.15, 0.2) is 23.0 Å². The van der Waals surface area contributed by atoms with Crippen molar-refractivity contribution in [2.45, 2.75) is 0 Å². The van der Waals surface area contributed by atoms with E-state index in [2.05, 4.69) is 0 Å². The minimum Gasteiger partial charge on any atom is -0.393 e. The summed E-state index contributed by atoms with van der Waals surface area (Å²) in [4.78, 5) is 9.39. The summed E-state index contributed by atoms with van der Waals surface area (Å²) < 4.78 is 0. The molecule has 1 heterocycles. The van der Waals surface area contributed by atoms with Crippen molar-refractivity contribution in [2.75, 3.05) is 0 Å². The van der Waals surface area contributed by atoms with E-state index in [0.29, 0.717) is 5.56 Å². The molecule has 11 heavy (non-hydrogen) atoms. The van der Waals surface area contributed by atoms with Crippen LogP contribution in [0.5, 0.6) is 0 Å². The van der Waals surface area contributed by atoms with Gasteiger partial charge in [-0.3, -0.25) is 10.1 Å². The standard InChI is InChI=1S/C6H6N2O2S/c7-6(3-8(9)10)5-1-2-11-4-5/h1-4H,7H2/b6-3-. The summed E-state index contributed by atoms with van der Waals surface area (Å²) in [5.41, 5.74) is 6.26. The number of nitro groups is 1. The summed E-state index contributed by atoms with van der Waals surface area (Å²) in [6, 6.07) is 1.74. The van der Waals surface area contributed by atoms with E-state index in [-0.39, 0.29) is 5.70 Å². The van der Waals surface area contributed by atoms with Crippen LogP contribution in [0.2, 0.25) is 0 Å². The third-order valence-corrected chi connectivity index (χ3v) is 1.78. The zero-order valence-electron chi connectivity index (χ0n) is 5.56. The maximum absolute atomic E-state index is 9.96. The minimum absolute atomic E-state index is 0.191. The Labute approximate surface area is 67.1 Å². The van der Waals surface area contributed by atoms with Gasteiger partial charge in [0.25, 0.3) is 6.20 Å². The van der Waals surface area contributed by atoms with Gasteiger partial charge in [-0.15, -0.1) is 0 Å². The van der Waals surface area contributed by atoms with Crippen LogP contribution in [0.1, 0.15) is 5.56 Å². The predicted octanol–water partition coefficient (Wildman–Crippen LogP) is 1.28. The van der Waals surface area contributed by atoms with Crippen molar-refractivity contribution in [2.24, 2.45) is 5.73 Å². The fourth-order valence-electron chi connectivity index (χ4n) is 0.617. The number of nitrogens with zero attached hydrogens (tertiary/aromatic N) is 1. The van der Waals surface area contributed by atoms with E-state index in [0.717, 1.165) is 6.20 Å². The van der Waals surface area contributed by atoms with Gasteiger partial charge < -0.3 is 5.73 Å². The highest BCUT2D eigenvalue weighted by Gasteiger charge is 2.00. The molecule has 0 aliphatic rings. The molecule has 0 aromatic carbocycles. The normalized spacial score (nSPS) is 11.5. The molecular formula is C6H6N2O2S. The monoisotopic (exact) mass is 170 g/mol. The molecule has 4 nitrogen and oxygen atoms in total. The largest absolute Gasteiger partial charge is 0.393 e. The van der Waals surface area contributed by atoms with Gasteiger partial charge in [-0.05, 0) is 11.4 Å². The molecule has 5 heteroatoms. The van der Waals surface area contributed by atoms with Crippen LogP contribution in [0.4, 0.5) is 0 Å². The lowest BCUT2D eigenvalue weighted by atomic mass is 10.3. The Balaban J connectivity index is 2.86. The lowest BCUT2D eigenvalue weighted by Crippen LogP contribution is -1.98. The summed E-state index contributed by atoms with van der Waals surface area (Å²) in [6.45, 7) is 0. The van der Waals surface area contributed by atoms with Gasteiger partial charge >= 0.3 is 0 Å². The van der Waals surface area contributed by atoms with Gasteiger partial charge in [-0.25, -0.2) is 0 Å². The van der Waals surface area contributed by atoms with Gasteiger partial charge in [0, 0.05) is 10.9 Å². The quantitative estimate of drug-likeness (QED) is 0.537. The molecule has 58 valence electrons. The molecule has 0 unspecified atom stereocenters. The Morgan fingerprint density at radius 3 is 3.00 bits per heavy atom. The Morgan fingerprint density at radius 1 is 1.82 bits per heavy atom. The summed E-state index contributed by atoms with van der Waals surface area (Å²) in [5, 5.41) is 13.5. The van der Waals surface area contributed by atoms with Gasteiger partial charge in [-0.2, -0.15) is 11.3 Å². The summed E-state index contributed by atoms with van der Waals surface area (Å²) in [6.07, 6.45) is 0.794. The number of hydrogen-bond donors (Lipinski definition) is 1. The fraction of sp³-hybridized carbons (Fsp3) is 0. The fourth-order valence-corrected chi connectivity index (χ4v) is 1.28. The van der Waals surface area contributed by atoms with Crippen molar-refractivity contribution in [3.05, 3.63) is 38.7 Å². The van der Waals surface area contributed by atoms with Crippen molar-refractivity contribution in [1.29, 1.82) is 0 Å². The number of thiophene rings is 1. The lowest BCUT2D eigenvalue weighted by molar-refractivity contribution is -0.401. The van der Waals surface area contributed by atoms with Crippen molar-refractivity contribution < 1.29 is 4.92 Å². The second-order valence-electron chi connectivity index (χ2n) is 1.88. The lowest BCUT2D eigenvalue weighted by Gasteiger charge is -1.89. The van der Waals surface area contributed by atoms with Crippen LogP contribution in [-0.4, -0.2) is 4.92 Å². The zero-order chi connectivity index (χ0) is 8.27. The second kappa shape index (κ2) is 3.16. The summed E-state index contributed by atoms with van der Waals surface area (Å²) >= 11 is 1.45. The molecule has 0 amide bonds. The smallest absolute Gasteiger partial charge is 0.257 e. The number of rotatable bonds is 2. The summed E-state index contributed by atoms with van der Waals surface area (Å²) in [5.74, 6) is 0. The van der Waals surface area contributed by atoms with E-state index in [4.69, 9.17) is 5.73 Å². The van der Waals surface area contributed by atoms with Crippen LogP contribution in [0.3, 0.4) is 0 Å². The van der Waals surface area contributed by atoms with Gasteiger partial charge in [-0.1, -0.05) is 0 Å². The first kappa shape index (κ1) is 7.74. The second-order valence-corrected chi connectivity index (χ2v) is 2.66. The number of nitrogens with two attached hydrogens (primary N) is 1. The van der Waals surface area contributed by atoms with E-state index in [1.807, 2.05) is 5.38 Å². The average Bonchev–Trinajstić information content (AvgIpc) is 2.35. The van der Waals surface area contributed by atoms with E-state index < -0.39 is 4.92 Å². The third-order valence-electron chi connectivity index (χ3n) is 1.10. The van der Waals surface area contributed by atoms with E-state index in [9.17, 15) is 10.1 Å². The maximum atomic E-state index is 9.96. The molecule has 0 aliphatic heterocycles. The van der Waals surface area contributed by atoms with Gasteiger partial charge in [0.15, 0.2) is 0 Å². The summed E-state index contributed by atoms with van der Waals surface area (Å²) in [7, 11) is 0. The topological polar surface area (TPSA) is 69.2 Å². The van der Waals surface area contributed by atoms with Crippen LogP contribution < -0.4 is 5.73 Å². The molecule has 0 radical (unpaired) electrons. The van der Waals surface area contributed by atoms with Crippen LogP contribution >= 0.6 is 11.3 Å². The van der Waals surface area contributed by atoms with Crippen molar-refractivity contribution in [1.82, 2.24) is 0 Å². The molecule has 0 saturated heterocycles. The Kier molecular flexibility index (Phi) is 2.22. The first-order chi connectivity index (χ1) is 5.20. The van der Waals surface area contributed by atoms with E-state index in [1.54, 1.807) is 11.4 Å². The zero-order valence-corrected chi connectivity index (χ0v) is 6.38. The number of hydrogen-bond acceptors (Lipinski definition) is 4. The maximum Gasteiger partial charge on any atom is 0.257 e. The molecule has 1 rings (SSSR count). The van der Waals surface area contributed by atoms with Crippen molar-refractivity contribution >= 4 is 17.0 Å². The minimum atomic E-state index is -0.562. The van der Waals surface area contributed by atoms with Crippen LogP contribution in [-0.2, 0) is 0 Å². The first-order valence-corrected chi connectivity index (χ1v) is 3.78. The molecule has 1 aromatic rings. The third kappa shape index (κ3) is 2.05. The average molecular weight is 170 g/mol. The van der Waals surface area contributed by atoms with Crippen molar-refractivity contribution in [3.63, 3.8) is 0 Å². The van der Waals surface area contributed by atoms with Crippen molar-refractivity contribution in [3.8, 4) is 0 Å². The van der Waals surface area contributed by atoms with E-state index in [1.165, 1.54) is 11.3 Å². The molecular weight excluding hydrogens is 164 g/mol. The molecule has 1 aromatic heterocycles. The Bertz CT molecular complexity index is 279. The SMILES string of the molecule is N/C(=C\[N+](=O)[O-])c1ccsc1. The highest BCUT2D eigenvalue weighted by molar-refractivity contribution is 7.08. The molecule has 0 spiro atoms. The highest BCUT2D eigenvalue weighted by Crippen LogP contribution is 2.12. The Hall–Kier alpha value is -1.36. The predicted molar refractivity (Wildman–Crippen MR) is 43.5 cm³/mol. The Morgan fingerprint density at radius 2 is 2.55 bits per heavy atom. The first-order valence-electron chi connectivity index (χ1n) is 2.83. The molecule has 0 atom stereocenters. The van der Waals surface area contributed by atoms with E-state index >= 15 is 0 Å². The van der Waals surface area contributed by atoms with Gasteiger partial charge in [0.05, 0.1) is 4.92 Å². The molecule has 0 aliphatic carbocycles. The molecule has 2 N–H and O–H groups in total. The highest BCUT2D eigenvalue weighted by atomic mass is 32.1. The van der Waals surface area contributed by atoms with Gasteiger partial charge in [0.2, 0.25) is 0 Å². The molecule has 0 bridgehead atoms. The van der Waals surface area contributed by atoms with Gasteiger partial charge in [0.1, 0.15) is 5.70 Å². The molecule has 0 saturated carbocycles. The van der Waals surface area contributed by atoms with Crippen LogP contribution in [0, 0.1) is 10.1 Å².